The average Bonchev–Trinajstić information content (AvgIpc) is 2.42. The van der Waals surface area contributed by atoms with Crippen LogP contribution in [0.25, 0.3) is 0 Å². The number of rotatable bonds is 5. The molecule has 0 saturated carbocycles. The largest absolute Gasteiger partial charge is 0.481 e. The first kappa shape index (κ1) is 16.9. The average molecular weight is 293 g/mol. The van der Waals surface area contributed by atoms with E-state index in [0.717, 1.165) is 0 Å². The first-order chi connectivity index (χ1) is 9.76. The Balaban J connectivity index is 2.74. The fourth-order valence-corrected chi connectivity index (χ4v) is 1.77. The zero-order chi connectivity index (χ0) is 16.0. The number of carbonyl (C=O) groups excluding carboxylic acids is 2. The summed E-state index contributed by atoms with van der Waals surface area (Å²) in [6, 6.07) is 3.26. The minimum Gasteiger partial charge on any atom is -0.481 e. The Labute approximate surface area is 125 Å². The molecule has 0 saturated heterocycles. The molecular weight excluding hydrogens is 270 g/mol. The van der Waals surface area contributed by atoms with Crippen molar-refractivity contribution < 1.29 is 14.3 Å². The minimum atomic E-state index is -0.318. The van der Waals surface area contributed by atoms with Crippen molar-refractivity contribution >= 4 is 11.8 Å². The molecule has 0 aliphatic carbocycles. The number of carbonyl (C=O) groups is 2. The first-order valence-corrected chi connectivity index (χ1v) is 6.87. The molecule has 6 heteroatoms. The number of ether oxygens (including phenoxy) is 1. The van der Waals surface area contributed by atoms with E-state index in [0.29, 0.717) is 18.0 Å². The molecule has 0 aliphatic heterocycles. The molecule has 1 aromatic heterocycles. The Hall–Kier alpha value is -2.11. The molecule has 0 unspecified atom stereocenters. The van der Waals surface area contributed by atoms with E-state index in [1.807, 2.05) is 27.7 Å². The number of hydrogen-bond donors (Lipinski definition) is 1. The molecular formula is C15H23N3O3. The molecule has 0 radical (unpaired) electrons. The summed E-state index contributed by atoms with van der Waals surface area (Å²) in [7, 11) is 1.51. The molecule has 0 atom stereocenters. The highest BCUT2D eigenvalue weighted by molar-refractivity contribution is 5.96. The summed E-state index contributed by atoms with van der Waals surface area (Å²) in [6.45, 7) is 8.00. The third-order valence-corrected chi connectivity index (χ3v) is 2.71. The lowest BCUT2D eigenvalue weighted by Crippen LogP contribution is -2.47. The van der Waals surface area contributed by atoms with E-state index in [9.17, 15) is 9.59 Å². The van der Waals surface area contributed by atoms with Gasteiger partial charge in [0.25, 0.3) is 5.91 Å². The summed E-state index contributed by atoms with van der Waals surface area (Å²) in [5.41, 5.74) is 0.113. The van der Waals surface area contributed by atoms with Gasteiger partial charge in [-0.25, -0.2) is 4.98 Å². The molecule has 21 heavy (non-hydrogen) atoms. The predicted octanol–water partition coefficient (Wildman–Crippen LogP) is 1.47. The van der Waals surface area contributed by atoms with Crippen molar-refractivity contribution in [2.75, 3.05) is 20.2 Å². The van der Waals surface area contributed by atoms with Gasteiger partial charge >= 0.3 is 0 Å². The monoisotopic (exact) mass is 293 g/mol. The second kappa shape index (κ2) is 7.06. The first-order valence-electron chi connectivity index (χ1n) is 6.87. The second-order valence-electron chi connectivity index (χ2n) is 5.71. The molecule has 116 valence electrons. The molecule has 0 bridgehead atoms. The van der Waals surface area contributed by atoms with E-state index in [2.05, 4.69) is 10.3 Å². The Morgan fingerprint density at radius 3 is 2.43 bits per heavy atom. The van der Waals surface area contributed by atoms with E-state index < -0.39 is 0 Å². The quantitative estimate of drug-likeness (QED) is 0.892. The number of methoxy groups -OCH3 is 1. The maximum atomic E-state index is 12.3. The summed E-state index contributed by atoms with van der Waals surface area (Å²) in [4.78, 5) is 29.7. The molecule has 0 aromatic carbocycles. The lowest BCUT2D eigenvalue weighted by Gasteiger charge is -2.25. The van der Waals surface area contributed by atoms with Gasteiger partial charge < -0.3 is 15.0 Å². The topological polar surface area (TPSA) is 71.5 Å². The molecule has 6 nitrogen and oxygen atoms in total. The van der Waals surface area contributed by atoms with Crippen LogP contribution in [0.3, 0.4) is 0 Å². The summed E-state index contributed by atoms with van der Waals surface area (Å²) < 4.78 is 4.95. The SMILES string of the molecule is CCN(CC(=O)NC(C)(C)C)C(=O)c1ccc(OC)nc1. The number of nitrogens with zero attached hydrogens (tertiary/aromatic N) is 2. The fourth-order valence-electron chi connectivity index (χ4n) is 1.77. The summed E-state index contributed by atoms with van der Waals surface area (Å²) in [6.07, 6.45) is 1.45. The van der Waals surface area contributed by atoms with Gasteiger partial charge in [0.2, 0.25) is 11.8 Å². The van der Waals surface area contributed by atoms with Crippen molar-refractivity contribution in [3.63, 3.8) is 0 Å². The number of nitrogens with one attached hydrogen (secondary N) is 1. The van der Waals surface area contributed by atoms with Crippen molar-refractivity contribution in [1.29, 1.82) is 0 Å². The van der Waals surface area contributed by atoms with E-state index in [1.165, 1.54) is 18.2 Å². The smallest absolute Gasteiger partial charge is 0.255 e. The lowest BCUT2D eigenvalue weighted by atomic mass is 10.1. The molecule has 2 amide bonds. The van der Waals surface area contributed by atoms with Crippen molar-refractivity contribution in [2.24, 2.45) is 0 Å². The highest BCUT2D eigenvalue weighted by atomic mass is 16.5. The van der Waals surface area contributed by atoms with Crippen molar-refractivity contribution in [1.82, 2.24) is 15.2 Å². The van der Waals surface area contributed by atoms with Gasteiger partial charge in [0, 0.05) is 24.3 Å². The van der Waals surface area contributed by atoms with E-state index in [-0.39, 0.29) is 23.9 Å². The minimum absolute atomic E-state index is 0.0264. The third-order valence-electron chi connectivity index (χ3n) is 2.71. The molecule has 0 aliphatic rings. The van der Waals surface area contributed by atoms with Crippen LogP contribution in [0, 0.1) is 0 Å². The standard InChI is InChI=1S/C15H23N3O3/c1-6-18(10-12(19)17-15(2,3)4)14(20)11-7-8-13(21-5)16-9-11/h7-9H,6,10H2,1-5H3,(H,17,19). The van der Waals surface area contributed by atoms with Crippen LogP contribution in [-0.2, 0) is 4.79 Å². The van der Waals surface area contributed by atoms with Crippen molar-refractivity contribution in [3.05, 3.63) is 23.9 Å². The fraction of sp³-hybridized carbons (Fsp3) is 0.533. The van der Waals surface area contributed by atoms with Gasteiger partial charge in [0.1, 0.15) is 0 Å². The van der Waals surface area contributed by atoms with Crippen LogP contribution < -0.4 is 10.1 Å². The Bertz CT molecular complexity index is 492. The van der Waals surface area contributed by atoms with Crippen LogP contribution in [0.5, 0.6) is 5.88 Å². The molecule has 0 spiro atoms. The number of pyridine rings is 1. The summed E-state index contributed by atoms with van der Waals surface area (Å²) in [5, 5.41) is 2.84. The zero-order valence-electron chi connectivity index (χ0n) is 13.3. The summed E-state index contributed by atoms with van der Waals surface area (Å²) >= 11 is 0. The molecule has 1 rings (SSSR count). The molecule has 1 N–H and O–H groups in total. The van der Waals surface area contributed by atoms with Crippen molar-refractivity contribution in [3.8, 4) is 5.88 Å². The molecule has 1 heterocycles. The third kappa shape index (κ3) is 5.41. The van der Waals surface area contributed by atoms with Crippen LogP contribution in [0.4, 0.5) is 0 Å². The van der Waals surface area contributed by atoms with Gasteiger partial charge in [0.05, 0.1) is 19.2 Å². The highest BCUT2D eigenvalue weighted by Crippen LogP contribution is 2.09. The zero-order valence-corrected chi connectivity index (χ0v) is 13.3. The van der Waals surface area contributed by atoms with E-state index >= 15 is 0 Å². The van der Waals surface area contributed by atoms with Gasteiger partial charge in [0.15, 0.2) is 0 Å². The van der Waals surface area contributed by atoms with Crippen LogP contribution in [0.15, 0.2) is 18.3 Å². The Morgan fingerprint density at radius 1 is 1.33 bits per heavy atom. The van der Waals surface area contributed by atoms with Gasteiger partial charge in [-0.05, 0) is 33.8 Å². The number of aromatic nitrogens is 1. The van der Waals surface area contributed by atoms with Crippen LogP contribution in [0.2, 0.25) is 0 Å². The predicted molar refractivity (Wildman–Crippen MR) is 80.3 cm³/mol. The highest BCUT2D eigenvalue weighted by Gasteiger charge is 2.20. The maximum Gasteiger partial charge on any atom is 0.255 e. The van der Waals surface area contributed by atoms with Gasteiger partial charge in [-0.2, -0.15) is 0 Å². The Kier molecular flexibility index (Phi) is 5.69. The lowest BCUT2D eigenvalue weighted by molar-refractivity contribution is -0.123. The van der Waals surface area contributed by atoms with Crippen molar-refractivity contribution in [2.45, 2.75) is 33.2 Å². The maximum absolute atomic E-state index is 12.3. The van der Waals surface area contributed by atoms with Gasteiger partial charge in [-0.1, -0.05) is 0 Å². The van der Waals surface area contributed by atoms with Crippen LogP contribution in [0.1, 0.15) is 38.1 Å². The normalized spacial score (nSPS) is 10.9. The number of hydrogen-bond acceptors (Lipinski definition) is 4. The van der Waals surface area contributed by atoms with E-state index in [4.69, 9.17) is 4.74 Å². The summed E-state index contributed by atoms with van der Waals surface area (Å²) in [5.74, 6) is 0.0379. The van der Waals surface area contributed by atoms with Gasteiger partial charge in [-0.15, -0.1) is 0 Å². The number of likely N-dealkylation sites (N-methyl/N-ethyl adjacent to an activating group) is 1. The second-order valence-corrected chi connectivity index (χ2v) is 5.71. The van der Waals surface area contributed by atoms with Crippen LogP contribution >= 0.6 is 0 Å². The number of amides is 2. The Morgan fingerprint density at radius 2 is 2.00 bits per heavy atom. The van der Waals surface area contributed by atoms with E-state index in [1.54, 1.807) is 12.1 Å². The van der Waals surface area contributed by atoms with Crippen LogP contribution in [-0.4, -0.2) is 47.4 Å². The molecule has 0 fully saturated rings. The molecule has 1 aromatic rings. The van der Waals surface area contributed by atoms with Gasteiger partial charge in [-0.3, -0.25) is 9.59 Å².